The van der Waals surface area contributed by atoms with E-state index in [1.165, 1.54) is 0 Å². The Morgan fingerprint density at radius 1 is 0.875 bits per heavy atom. The van der Waals surface area contributed by atoms with E-state index in [0.717, 1.165) is 6.54 Å². The third kappa shape index (κ3) is 19.4. The highest BCUT2D eigenvalue weighted by Crippen LogP contribution is 1.80. The molecule has 0 aliphatic carbocycles. The fourth-order valence-corrected chi connectivity index (χ4v) is 0.781. The van der Waals surface area contributed by atoms with Crippen LogP contribution in [0.5, 0.6) is 0 Å². The van der Waals surface area contributed by atoms with E-state index < -0.39 is 0 Å². The van der Waals surface area contributed by atoms with Crippen molar-refractivity contribution in [2.24, 2.45) is 0 Å². The molecule has 102 valence electrons. The van der Waals surface area contributed by atoms with Crippen LogP contribution in [0.3, 0.4) is 0 Å². The van der Waals surface area contributed by atoms with Crippen LogP contribution in [-0.2, 0) is 14.2 Å². The van der Waals surface area contributed by atoms with E-state index in [-0.39, 0.29) is 8.03 Å². The molecule has 0 rings (SSSR count). The molecule has 0 fully saturated rings. The minimum absolute atomic E-state index is 0. The molecule has 5 heteroatoms. The van der Waals surface area contributed by atoms with Crippen LogP contribution >= 0.6 is 0 Å². The standard InChI is InChI=1S/C9H21NO4.C2H6.H2/c1-10-2-4-12-6-8-14-9-7-13-5-3-11;1-2;/h10-11H,2-9H2,1H3;1-2H3;1H. The molecule has 0 heterocycles. The summed E-state index contributed by atoms with van der Waals surface area (Å²) in [5, 5.41) is 11.4. The molecule has 0 aliphatic heterocycles. The van der Waals surface area contributed by atoms with Gasteiger partial charge in [0.1, 0.15) is 0 Å². The summed E-state index contributed by atoms with van der Waals surface area (Å²) in [6.07, 6.45) is 0. The topological polar surface area (TPSA) is 60.0 Å². The van der Waals surface area contributed by atoms with Gasteiger partial charge in [0.15, 0.2) is 0 Å². The lowest BCUT2D eigenvalue weighted by Crippen LogP contribution is -2.16. The third-order valence-corrected chi connectivity index (χ3v) is 1.48. The Morgan fingerprint density at radius 2 is 1.31 bits per heavy atom. The second-order valence-corrected chi connectivity index (χ2v) is 2.66. The van der Waals surface area contributed by atoms with E-state index in [0.29, 0.717) is 39.6 Å². The number of likely N-dealkylation sites (N-methyl/N-ethyl adjacent to an activating group) is 1. The Morgan fingerprint density at radius 3 is 1.75 bits per heavy atom. The highest BCUT2D eigenvalue weighted by Gasteiger charge is 1.90. The predicted octanol–water partition coefficient (Wildman–Crippen LogP) is 0.520. The van der Waals surface area contributed by atoms with Crippen LogP contribution in [0.25, 0.3) is 0 Å². The van der Waals surface area contributed by atoms with Crippen molar-refractivity contribution in [1.82, 2.24) is 5.32 Å². The van der Waals surface area contributed by atoms with Gasteiger partial charge in [0, 0.05) is 7.97 Å². The van der Waals surface area contributed by atoms with Gasteiger partial charge in [-0.25, -0.2) is 0 Å². The third-order valence-electron chi connectivity index (χ3n) is 1.48. The number of hydrogen-bond acceptors (Lipinski definition) is 5. The Labute approximate surface area is 101 Å². The van der Waals surface area contributed by atoms with Crippen molar-refractivity contribution >= 4 is 0 Å². The molecule has 0 amide bonds. The van der Waals surface area contributed by atoms with Gasteiger partial charge in [-0.15, -0.1) is 0 Å². The molecule has 0 saturated carbocycles. The first-order chi connectivity index (χ1) is 7.91. The number of aliphatic hydroxyl groups excluding tert-OH is 1. The van der Waals surface area contributed by atoms with Gasteiger partial charge < -0.3 is 24.6 Å². The van der Waals surface area contributed by atoms with Crippen LogP contribution in [-0.4, -0.2) is 64.9 Å². The number of hydrogen-bond donors (Lipinski definition) is 2. The van der Waals surface area contributed by atoms with E-state index in [2.05, 4.69) is 5.32 Å². The van der Waals surface area contributed by atoms with Gasteiger partial charge in [-0.3, -0.25) is 0 Å². The van der Waals surface area contributed by atoms with Crippen molar-refractivity contribution in [3.63, 3.8) is 0 Å². The second kappa shape index (κ2) is 20.2. The normalized spacial score (nSPS) is 9.75. The number of ether oxygens (including phenoxy) is 3. The summed E-state index contributed by atoms with van der Waals surface area (Å²) in [6, 6.07) is 0. The smallest absolute Gasteiger partial charge is 0.0701 e. The van der Waals surface area contributed by atoms with Crippen molar-refractivity contribution < 1.29 is 20.7 Å². The van der Waals surface area contributed by atoms with Gasteiger partial charge in [-0.1, -0.05) is 13.8 Å². The molecule has 0 aromatic carbocycles. The number of aliphatic hydroxyl groups is 1. The fraction of sp³-hybridized carbons (Fsp3) is 1.00. The van der Waals surface area contributed by atoms with E-state index in [9.17, 15) is 0 Å². The molecule has 2 N–H and O–H groups in total. The Balaban J connectivity index is -0.000000616. The number of nitrogens with one attached hydrogen (secondary N) is 1. The van der Waals surface area contributed by atoms with Crippen molar-refractivity contribution in [2.75, 3.05) is 59.8 Å². The summed E-state index contributed by atoms with van der Waals surface area (Å²) < 4.78 is 15.4. The summed E-state index contributed by atoms with van der Waals surface area (Å²) in [4.78, 5) is 0. The minimum Gasteiger partial charge on any atom is -0.394 e. The lowest BCUT2D eigenvalue weighted by Gasteiger charge is -2.05. The fourth-order valence-electron chi connectivity index (χ4n) is 0.781. The first-order valence-electron chi connectivity index (χ1n) is 5.90. The SMILES string of the molecule is CC.CNCCOCCOCCOCCO.[HH]. The van der Waals surface area contributed by atoms with E-state index in [4.69, 9.17) is 19.3 Å². The number of rotatable bonds is 11. The van der Waals surface area contributed by atoms with E-state index >= 15 is 0 Å². The van der Waals surface area contributed by atoms with Crippen molar-refractivity contribution in [1.29, 1.82) is 0 Å². The summed E-state index contributed by atoms with van der Waals surface area (Å²) in [5.41, 5.74) is 0. The maximum atomic E-state index is 8.40. The predicted molar refractivity (Wildman–Crippen MR) is 66.9 cm³/mol. The lowest BCUT2D eigenvalue weighted by molar-refractivity contribution is 0.00835. The van der Waals surface area contributed by atoms with Gasteiger partial charge in [0.25, 0.3) is 0 Å². The largest absolute Gasteiger partial charge is 0.394 e. The quantitative estimate of drug-likeness (QED) is 0.515. The summed E-state index contributed by atoms with van der Waals surface area (Å²) >= 11 is 0. The van der Waals surface area contributed by atoms with Crippen LogP contribution < -0.4 is 5.32 Å². The molecule has 0 aliphatic rings. The zero-order chi connectivity index (χ0) is 12.5. The molecule has 0 aromatic rings. The van der Waals surface area contributed by atoms with E-state index in [1.54, 1.807) is 0 Å². The summed E-state index contributed by atoms with van der Waals surface area (Å²) in [7, 11) is 1.89. The van der Waals surface area contributed by atoms with Gasteiger partial charge in [-0.05, 0) is 7.05 Å². The van der Waals surface area contributed by atoms with E-state index in [1.807, 2.05) is 20.9 Å². The molecule has 5 nitrogen and oxygen atoms in total. The van der Waals surface area contributed by atoms with Crippen molar-refractivity contribution in [3.8, 4) is 0 Å². The molecule has 0 aromatic heterocycles. The second-order valence-electron chi connectivity index (χ2n) is 2.66. The molecule has 0 atom stereocenters. The van der Waals surface area contributed by atoms with Crippen molar-refractivity contribution in [2.45, 2.75) is 13.8 Å². The molecule has 0 spiro atoms. The van der Waals surface area contributed by atoms with Crippen LogP contribution in [0.4, 0.5) is 0 Å². The average Bonchev–Trinajstić information content (AvgIpc) is 2.34. The Hall–Kier alpha value is -0.200. The minimum atomic E-state index is 0. The zero-order valence-corrected chi connectivity index (χ0v) is 10.8. The molecular weight excluding hydrogens is 210 g/mol. The monoisotopic (exact) mass is 239 g/mol. The molecule has 0 bridgehead atoms. The van der Waals surface area contributed by atoms with Crippen LogP contribution in [0, 0.1) is 0 Å². The molecule has 0 saturated heterocycles. The lowest BCUT2D eigenvalue weighted by atomic mass is 10.6. The maximum Gasteiger partial charge on any atom is 0.0701 e. The highest BCUT2D eigenvalue weighted by atomic mass is 16.5. The Bertz CT molecular complexity index is 97.5. The first kappa shape index (κ1) is 18.2. The molecular formula is C11H29NO4. The van der Waals surface area contributed by atoms with Gasteiger partial charge >= 0.3 is 0 Å². The average molecular weight is 239 g/mol. The van der Waals surface area contributed by atoms with Crippen molar-refractivity contribution in [3.05, 3.63) is 0 Å². The van der Waals surface area contributed by atoms with Crippen LogP contribution in [0.15, 0.2) is 0 Å². The van der Waals surface area contributed by atoms with Gasteiger partial charge in [0.05, 0.1) is 46.2 Å². The molecule has 16 heavy (non-hydrogen) atoms. The van der Waals surface area contributed by atoms with Crippen LogP contribution in [0.2, 0.25) is 0 Å². The Kier molecular flexibility index (Phi) is 23.0. The van der Waals surface area contributed by atoms with Gasteiger partial charge in [0.2, 0.25) is 0 Å². The zero-order valence-electron chi connectivity index (χ0n) is 10.8. The highest BCUT2D eigenvalue weighted by molar-refractivity contribution is 4.36. The van der Waals surface area contributed by atoms with Gasteiger partial charge in [-0.2, -0.15) is 0 Å². The summed E-state index contributed by atoms with van der Waals surface area (Å²) in [6.45, 7) is 8.29. The molecule has 0 unspecified atom stereocenters. The maximum absolute atomic E-state index is 8.40. The first-order valence-corrected chi connectivity index (χ1v) is 5.90. The van der Waals surface area contributed by atoms with Crippen LogP contribution in [0.1, 0.15) is 15.3 Å². The molecule has 0 radical (unpaired) electrons. The summed E-state index contributed by atoms with van der Waals surface area (Å²) in [5.74, 6) is 0.